The number of carboxylic acid groups (broad SMARTS) is 1. The molecule has 4 rings (SSSR count). The van der Waals surface area contributed by atoms with Gasteiger partial charge in [-0.15, -0.1) is 0 Å². The SMILES string of the molecule is CC(C)(C)OC(=O)N1C(=O)CC[C@H]1C(=O)N1C(=O)CC[C@H]1C(=O)N1C(=O)CC[C@H]1C(=O)N1C(=O)CC[C@H]1C(=O)O. The molecule has 216 valence electrons. The van der Waals surface area contributed by atoms with Crippen LogP contribution in [0.3, 0.4) is 0 Å². The molecule has 4 fully saturated rings. The number of carbonyl (C=O) groups is 9. The first-order valence-electron chi connectivity index (χ1n) is 13.0. The third-order valence-electron chi connectivity index (χ3n) is 7.29. The molecule has 4 heterocycles. The van der Waals surface area contributed by atoms with Crippen LogP contribution < -0.4 is 0 Å². The van der Waals surface area contributed by atoms with E-state index in [1.54, 1.807) is 20.8 Å². The third kappa shape index (κ3) is 5.07. The van der Waals surface area contributed by atoms with E-state index in [-0.39, 0.29) is 51.4 Å². The number of hydrogen-bond acceptors (Lipinski definition) is 10. The predicted molar refractivity (Wildman–Crippen MR) is 128 cm³/mol. The van der Waals surface area contributed by atoms with Gasteiger partial charge in [0.2, 0.25) is 23.6 Å². The van der Waals surface area contributed by atoms with Crippen LogP contribution >= 0.6 is 0 Å². The standard InChI is InChI=1S/C25H30N4O11/c1-25(2,3)40-24(39)29-14(6-10-19(29)33)22(36)27-12(4-8-17(27)31)20(34)26-13(5-9-16(26)30)21(35)28-15(23(37)38)7-11-18(28)32/h12-15H,4-11H2,1-3H3,(H,37,38)/t12-,13-,14-,15-/m0/s1. The summed E-state index contributed by atoms with van der Waals surface area (Å²) in [5.74, 6) is -7.42. The van der Waals surface area contributed by atoms with Crippen molar-refractivity contribution >= 4 is 53.4 Å². The molecule has 0 bridgehead atoms. The summed E-state index contributed by atoms with van der Waals surface area (Å²) in [7, 11) is 0. The Kier molecular flexibility index (Phi) is 7.51. The maximum atomic E-state index is 13.6. The van der Waals surface area contributed by atoms with Crippen molar-refractivity contribution in [1.82, 2.24) is 19.6 Å². The van der Waals surface area contributed by atoms with Crippen molar-refractivity contribution < 1.29 is 53.0 Å². The molecule has 0 saturated carbocycles. The quantitative estimate of drug-likeness (QED) is 0.436. The summed E-state index contributed by atoms with van der Waals surface area (Å²) in [5.41, 5.74) is -0.983. The summed E-state index contributed by atoms with van der Waals surface area (Å²) in [4.78, 5) is 117. The Hall–Kier alpha value is -4.17. The molecule has 0 spiro atoms. The molecule has 0 radical (unpaired) electrons. The largest absolute Gasteiger partial charge is 0.480 e. The molecule has 4 aliphatic rings. The number of ether oxygens (including phenoxy) is 1. The molecule has 0 unspecified atom stereocenters. The van der Waals surface area contributed by atoms with Crippen LogP contribution in [0.15, 0.2) is 0 Å². The molecule has 1 N–H and O–H groups in total. The lowest BCUT2D eigenvalue weighted by Gasteiger charge is -2.33. The van der Waals surface area contributed by atoms with Gasteiger partial charge >= 0.3 is 12.1 Å². The maximum absolute atomic E-state index is 13.6. The van der Waals surface area contributed by atoms with E-state index < -0.39 is 83.2 Å². The minimum Gasteiger partial charge on any atom is -0.480 e. The summed E-state index contributed by atoms with van der Waals surface area (Å²) >= 11 is 0. The van der Waals surface area contributed by atoms with Crippen LogP contribution in [0, 0.1) is 0 Å². The molecule has 4 saturated heterocycles. The lowest BCUT2D eigenvalue weighted by atomic mass is 10.1. The van der Waals surface area contributed by atoms with Crippen LogP contribution in [0.25, 0.3) is 0 Å². The van der Waals surface area contributed by atoms with Gasteiger partial charge in [-0.05, 0) is 46.5 Å². The lowest BCUT2D eigenvalue weighted by molar-refractivity contribution is -0.162. The second kappa shape index (κ2) is 10.4. The third-order valence-corrected chi connectivity index (χ3v) is 7.29. The number of aliphatic carboxylic acids is 1. The van der Waals surface area contributed by atoms with Gasteiger partial charge in [0, 0.05) is 25.7 Å². The van der Waals surface area contributed by atoms with Crippen LogP contribution in [0.1, 0.15) is 72.1 Å². The second-order valence-electron chi connectivity index (χ2n) is 11.1. The normalized spacial score (nSPS) is 27.2. The van der Waals surface area contributed by atoms with E-state index in [0.717, 1.165) is 0 Å². The van der Waals surface area contributed by atoms with Crippen molar-refractivity contribution in [1.29, 1.82) is 0 Å². The Morgan fingerprint density at radius 1 is 0.600 bits per heavy atom. The number of imide groups is 4. The number of likely N-dealkylation sites (tertiary alicyclic amines) is 4. The summed E-state index contributed by atoms with van der Waals surface area (Å²) < 4.78 is 5.23. The van der Waals surface area contributed by atoms with Gasteiger partial charge in [0.25, 0.3) is 17.7 Å². The molecular weight excluding hydrogens is 532 g/mol. The summed E-state index contributed by atoms with van der Waals surface area (Å²) in [5, 5.41) is 9.43. The monoisotopic (exact) mass is 562 g/mol. The zero-order valence-corrected chi connectivity index (χ0v) is 22.3. The fourth-order valence-electron chi connectivity index (χ4n) is 5.52. The molecule has 4 atom stereocenters. The minimum absolute atomic E-state index is 0.109. The van der Waals surface area contributed by atoms with Crippen molar-refractivity contribution in [3.05, 3.63) is 0 Å². The van der Waals surface area contributed by atoms with Gasteiger partial charge < -0.3 is 9.84 Å². The van der Waals surface area contributed by atoms with E-state index in [9.17, 15) is 48.3 Å². The fraction of sp³-hybridized carbons (Fsp3) is 0.640. The molecule has 0 aliphatic carbocycles. The van der Waals surface area contributed by atoms with Crippen molar-refractivity contribution in [2.24, 2.45) is 0 Å². The first-order valence-corrected chi connectivity index (χ1v) is 13.0. The van der Waals surface area contributed by atoms with Crippen LogP contribution in [-0.2, 0) is 43.1 Å². The summed E-state index contributed by atoms with van der Waals surface area (Å²) in [6, 6.07) is -5.83. The van der Waals surface area contributed by atoms with Gasteiger partial charge in [-0.25, -0.2) is 14.5 Å². The van der Waals surface area contributed by atoms with Crippen molar-refractivity contribution in [2.45, 2.75) is 102 Å². The Bertz CT molecular complexity index is 1220. The lowest BCUT2D eigenvalue weighted by Crippen LogP contribution is -2.59. The fourth-order valence-corrected chi connectivity index (χ4v) is 5.52. The smallest absolute Gasteiger partial charge is 0.417 e. The molecule has 0 aromatic carbocycles. The van der Waals surface area contributed by atoms with Gasteiger partial charge in [0.15, 0.2) is 0 Å². The zero-order chi connectivity index (χ0) is 29.7. The second-order valence-corrected chi connectivity index (χ2v) is 11.1. The number of rotatable bonds is 4. The molecule has 8 amide bonds. The molecular formula is C25H30N4O11. The highest BCUT2D eigenvalue weighted by Crippen LogP contribution is 2.32. The van der Waals surface area contributed by atoms with Crippen molar-refractivity contribution in [2.75, 3.05) is 0 Å². The molecule has 4 aliphatic heterocycles. The first kappa shape index (κ1) is 28.8. The Morgan fingerprint density at radius 3 is 1.25 bits per heavy atom. The summed E-state index contributed by atoms with van der Waals surface area (Å²) in [6.45, 7) is 4.71. The average Bonchev–Trinajstić information content (AvgIpc) is 3.62. The Morgan fingerprint density at radius 2 is 0.900 bits per heavy atom. The molecule has 15 heteroatoms. The van der Waals surface area contributed by atoms with E-state index >= 15 is 0 Å². The molecule has 15 nitrogen and oxygen atoms in total. The van der Waals surface area contributed by atoms with Gasteiger partial charge in [-0.3, -0.25) is 48.3 Å². The van der Waals surface area contributed by atoms with E-state index in [1.807, 2.05) is 0 Å². The van der Waals surface area contributed by atoms with Crippen LogP contribution in [0.4, 0.5) is 4.79 Å². The highest BCUT2D eigenvalue weighted by molar-refractivity contribution is 6.13. The number of carboxylic acids is 1. The minimum atomic E-state index is -1.50. The maximum Gasteiger partial charge on any atom is 0.417 e. The van der Waals surface area contributed by atoms with Gasteiger partial charge in [-0.1, -0.05) is 0 Å². The molecule has 0 aromatic rings. The molecule has 0 aromatic heterocycles. The van der Waals surface area contributed by atoms with Gasteiger partial charge in [0.05, 0.1) is 0 Å². The Balaban J connectivity index is 1.58. The average molecular weight is 563 g/mol. The van der Waals surface area contributed by atoms with E-state index in [2.05, 4.69) is 0 Å². The van der Waals surface area contributed by atoms with Crippen LogP contribution in [0.2, 0.25) is 0 Å². The highest BCUT2D eigenvalue weighted by atomic mass is 16.6. The number of amides is 8. The highest BCUT2D eigenvalue weighted by Gasteiger charge is 2.54. The van der Waals surface area contributed by atoms with E-state index in [1.165, 1.54) is 0 Å². The Labute approximate surface area is 228 Å². The zero-order valence-electron chi connectivity index (χ0n) is 22.3. The van der Waals surface area contributed by atoms with E-state index in [0.29, 0.717) is 19.6 Å². The molecule has 40 heavy (non-hydrogen) atoms. The number of carbonyl (C=O) groups excluding carboxylic acids is 8. The summed E-state index contributed by atoms with van der Waals surface area (Å²) in [6.07, 6.45) is -2.51. The number of nitrogens with zero attached hydrogens (tertiary/aromatic N) is 4. The van der Waals surface area contributed by atoms with Gasteiger partial charge in [0.1, 0.15) is 29.8 Å². The van der Waals surface area contributed by atoms with Crippen LogP contribution in [0.5, 0.6) is 0 Å². The predicted octanol–water partition coefficient (Wildman–Crippen LogP) is -0.450. The topological polar surface area (TPSA) is 196 Å². The van der Waals surface area contributed by atoms with E-state index in [4.69, 9.17) is 4.74 Å². The van der Waals surface area contributed by atoms with Crippen molar-refractivity contribution in [3.63, 3.8) is 0 Å². The number of hydrogen-bond donors (Lipinski definition) is 1. The van der Waals surface area contributed by atoms with Crippen molar-refractivity contribution in [3.8, 4) is 0 Å². The van der Waals surface area contributed by atoms with Crippen LogP contribution in [-0.4, -0.2) is 108 Å². The van der Waals surface area contributed by atoms with Gasteiger partial charge in [-0.2, -0.15) is 0 Å². The first-order chi connectivity index (χ1) is 18.6.